The van der Waals surface area contributed by atoms with Gasteiger partial charge in [-0.2, -0.15) is 0 Å². The van der Waals surface area contributed by atoms with Gasteiger partial charge < -0.3 is 24.8 Å². The van der Waals surface area contributed by atoms with Crippen molar-refractivity contribution in [3.8, 4) is 11.5 Å². The molecular formula is C14H20N2O3. The van der Waals surface area contributed by atoms with E-state index < -0.39 is 0 Å². The molecule has 1 fully saturated rings. The molecule has 2 aliphatic heterocycles. The van der Waals surface area contributed by atoms with Crippen LogP contribution < -0.4 is 15.2 Å². The predicted molar refractivity (Wildman–Crippen MR) is 71.6 cm³/mol. The second-order valence-electron chi connectivity index (χ2n) is 5.18. The summed E-state index contributed by atoms with van der Waals surface area (Å²) in [5.74, 6) is 1.65. The van der Waals surface area contributed by atoms with Gasteiger partial charge in [0, 0.05) is 24.7 Å². The first kappa shape index (κ1) is 12.7. The van der Waals surface area contributed by atoms with Crippen molar-refractivity contribution in [2.45, 2.75) is 12.1 Å². The fraction of sp³-hybridized carbons (Fsp3) is 0.571. The Morgan fingerprint density at radius 3 is 3.21 bits per heavy atom. The Morgan fingerprint density at radius 1 is 1.47 bits per heavy atom. The van der Waals surface area contributed by atoms with Crippen molar-refractivity contribution in [1.82, 2.24) is 4.90 Å². The van der Waals surface area contributed by atoms with Crippen LogP contribution in [0.3, 0.4) is 0 Å². The monoisotopic (exact) mass is 264 g/mol. The Hall–Kier alpha value is -1.30. The molecule has 2 atom stereocenters. The molecule has 1 aromatic carbocycles. The average Bonchev–Trinajstić information content (AvgIpc) is 2.78. The predicted octanol–water partition coefficient (Wildman–Crippen LogP) is 0.788. The molecule has 1 aromatic rings. The number of hydrogen-bond acceptors (Lipinski definition) is 5. The molecule has 5 heteroatoms. The lowest BCUT2D eigenvalue weighted by atomic mass is 10.1. The molecule has 2 aliphatic rings. The van der Waals surface area contributed by atoms with Crippen molar-refractivity contribution in [2.75, 3.05) is 40.0 Å². The summed E-state index contributed by atoms with van der Waals surface area (Å²) in [7, 11) is 2.10. The summed E-state index contributed by atoms with van der Waals surface area (Å²) in [5.41, 5.74) is 6.97. The van der Waals surface area contributed by atoms with Crippen molar-refractivity contribution in [3.63, 3.8) is 0 Å². The average molecular weight is 264 g/mol. The highest BCUT2D eigenvalue weighted by Gasteiger charge is 2.22. The smallest absolute Gasteiger partial charge is 0.127 e. The summed E-state index contributed by atoms with van der Waals surface area (Å²) >= 11 is 0. The second kappa shape index (κ2) is 5.36. The fourth-order valence-electron chi connectivity index (χ4n) is 2.46. The number of morpholine rings is 1. The van der Waals surface area contributed by atoms with Crippen molar-refractivity contribution in [1.29, 1.82) is 0 Å². The van der Waals surface area contributed by atoms with Crippen molar-refractivity contribution < 1.29 is 14.2 Å². The van der Waals surface area contributed by atoms with Gasteiger partial charge in [0.25, 0.3) is 0 Å². The second-order valence-corrected chi connectivity index (χ2v) is 5.18. The molecule has 0 spiro atoms. The molecule has 0 bridgehead atoms. The molecule has 0 saturated carbocycles. The van der Waals surface area contributed by atoms with Crippen LogP contribution in [0.4, 0.5) is 0 Å². The van der Waals surface area contributed by atoms with Gasteiger partial charge >= 0.3 is 0 Å². The van der Waals surface area contributed by atoms with E-state index in [4.69, 9.17) is 19.9 Å². The molecule has 2 unspecified atom stereocenters. The van der Waals surface area contributed by atoms with Gasteiger partial charge in [0.05, 0.1) is 12.6 Å². The molecule has 0 aliphatic carbocycles. The van der Waals surface area contributed by atoms with Gasteiger partial charge in [-0.25, -0.2) is 0 Å². The number of hydrogen-bond donors (Lipinski definition) is 1. The third-order valence-electron chi connectivity index (χ3n) is 3.58. The van der Waals surface area contributed by atoms with Crippen LogP contribution in [0.25, 0.3) is 0 Å². The third kappa shape index (κ3) is 2.83. The quantitative estimate of drug-likeness (QED) is 0.874. The largest absolute Gasteiger partial charge is 0.491 e. The highest BCUT2D eigenvalue weighted by Crippen LogP contribution is 2.33. The lowest BCUT2D eigenvalue weighted by Gasteiger charge is -2.29. The lowest BCUT2D eigenvalue weighted by Crippen LogP contribution is -2.42. The normalized spacial score (nSPS) is 26.8. The van der Waals surface area contributed by atoms with Gasteiger partial charge in [-0.05, 0) is 19.2 Å². The summed E-state index contributed by atoms with van der Waals surface area (Å²) in [6.45, 7) is 3.78. The van der Waals surface area contributed by atoms with Gasteiger partial charge in [0.1, 0.15) is 30.8 Å². The van der Waals surface area contributed by atoms with Crippen LogP contribution in [-0.4, -0.2) is 51.0 Å². The van der Waals surface area contributed by atoms with Gasteiger partial charge in [0.2, 0.25) is 0 Å². The molecular weight excluding hydrogens is 244 g/mol. The minimum atomic E-state index is -0.0145. The number of ether oxygens (including phenoxy) is 3. The van der Waals surface area contributed by atoms with E-state index in [1.54, 1.807) is 0 Å². The van der Waals surface area contributed by atoms with Crippen LogP contribution in [0.15, 0.2) is 18.2 Å². The standard InChI is InChI=1S/C14H20N2O3/c1-16-4-5-17-11(7-16)8-18-10-2-3-12-13(15)9-19-14(12)6-10/h2-3,6,11,13H,4-5,7-9,15H2,1H3. The number of nitrogens with zero attached hydrogens (tertiary/aromatic N) is 1. The van der Waals surface area contributed by atoms with Crippen LogP contribution in [0, 0.1) is 0 Å². The van der Waals surface area contributed by atoms with Gasteiger partial charge in [-0.15, -0.1) is 0 Å². The van der Waals surface area contributed by atoms with Crippen molar-refractivity contribution >= 4 is 0 Å². The number of likely N-dealkylation sites (N-methyl/N-ethyl adjacent to an activating group) is 1. The summed E-state index contributed by atoms with van der Waals surface area (Å²) < 4.78 is 17.0. The maximum atomic E-state index is 5.91. The number of rotatable bonds is 3. The molecule has 1 saturated heterocycles. The lowest BCUT2D eigenvalue weighted by molar-refractivity contribution is -0.0403. The topological polar surface area (TPSA) is 57.0 Å². The van der Waals surface area contributed by atoms with Crippen molar-refractivity contribution in [3.05, 3.63) is 23.8 Å². The summed E-state index contributed by atoms with van der Waals surface area (Å²) in [4.78, 5) is 2.25. The van der Waals surface area contributed by atoms with E-state index in [-0.39, 0.29) is 12.1 Å². The summed E-state index contributed by atoms with van der Waals surface area (Å²) in [6.07, 6.45) is 0.134. The van der Waals surface area contributed by atoms with Gasteiger partial charge in [0.15, 0.2) is 0 Å². The molecule has 0 amide bonds. The maximum absolute atomic E-state index is 5.91. The molecule has 0 aromatic heterocycles. The zero-order chi connectivity index (χ0) is 13.2. The van der Waals surface area contributed by atoms with Crippen LogP contribution >= 0.6 is 0 Å². The van der Waals surface area contributed by atoms with E-state index in [0.29, 0.717) is 13.2 Å². The molecule has 3 rings (SSSR count). The molecule has 2 N–H and O–H groups in total. The highest BCUT2D eigenvalue weighted by atomic mass is 16.5. The zero-order valence-corrected chi connectivity index (χ0v) is 11.2. The van der Waals surface area contributed by atoms with E-state index in [2.05, 4.69) is 11.9 Å². The Labute approximate surface area is 113 Å². The number of benzene rings is 1. The number of nitrogens with two attached hydrogens (primary N) is 1. The molecule has 0 radical (unpaired) electrons. The Bertz CT molecular complexity index is 452. The first-order valence-electron chi connectivity index (χ1n) is 6.67. The maximum Gasteiger partial charge on any atom is 0.127 e. The molecule has 104 valence electrons. The SMILES string of the molecule is CN1CCOC(COc2ccc3c(c2)OCC3N)C1. The minimum Gasteiger partial charge on any atom is -0.491 e. The van der Waals surface area contributed by atoms with Crippen LogP contribution in [-0.2, 0) is 4.74 Å². The fourth-order valence-corrected chi connectivity index (χ4v) is 2.46. The highest BCUT2D eigenvalue weighted by molar-refractivity contribution is 5.44. The molecule has 2 heterocycles. The third-order valence-corrected chi connectivity index (χ3v) is 3.58. The van der Waals surface area contributed by atoms with E-state index in [1.165, 1.54) is 0 Å². The van der Waals surface area contributed by atoms with Gasteiger partial charge in [-0.3, -0.25) is 0 Å². The van der Waals surface area contributed by atoms with E-state index >= 15 is 0 Å². The Morgan fingerprint density at radius 2 is 2.37 bits per heavy atom. The van der Waals surface area contributed by atoms with Crippen molar-refractivity contribution in [2.24, 2.45) is 5.73 Å². The number of fused-ring (bicyclic) bond motifs is 1. The van der Waals surface area contributed by atoms with E-state index in [9.17, 15) is 0 Å². The first-order valence-corrected chi connectivity index (χ1v) is 6.67. The van der Waals surface area contributed by atoms with Gasteiger partial charge in [-0.1, -0.05) is 0 Å². The first-order chi connectivity index (χ1) is 9.22. The van der Waals surface area contributed by atoms with E-state index in [1.807, 2.05) is 18.2 Å². The Balaban J connectivity index is 1.58. The summed E-state index contributed by atoms with van der Waals surface area (Å²) in [6, 6.07) is 5.82. The van der Waals surface area contributed by atoms with Crippen LogP contribution in [0.5, 0.6) is 11.5 Å². The van der Waals surface area contributed by atoms with Crippen LogP contribution in [0.1, 0.15) is 11.6 Å². The Kier molecular flexibility index (Phi) is 3.59. The zero-order valence-electron chi connectivity index (χ0n) is 11.2. The van der Waals surface area contributed by atoms with E-state index in [0.717, 1.165) is 36.8 Å². The van der Waals surface area contributed by atoms with Crippen LogP contribution in [0.2, 0.25) is 0 Å². The molecule has 19 heavy (non-hydrogen) atoms. The molecule has 5 nitrogen and oxygen atoms in total. The summed E-state index contributed by atoms with van der Waals surface area (Å²) in [5, 5.41) is 0. The minimum absolute atomic E-state index is 0.0145.